The van der Waals surface area contributed by atoms with E-state index in [0.29, 0.717) is 30.5 Å². The minimum absolute atomic E-state index is 0.00105. The summed E-state index contributed by atoms with van der Waals surface area (Å²) in [7, 11) is 0. The van der Waals surface area contributed by atoms with Gasteiger partial charge in [-0.05, 0) is 75.9 Å². The van der Waals surface area contributed by atoms with Crippen molar-refractivity contribution in [3.63, 3.8) is 0 Å². The number of fused-ring (bicyclic) bond motifs is 4. The van der Waals surface area contributed by atoms with Crippen molar-refractivity contribution < 1.29 is 48.4 Å². The fraction of sp³-hybridized carbons (Fsp3) is 0.500. The molecule has 3 saturated heterocycles. The van der Waals surface area contributed by atoms with Crippen molar-refractivity contribution in [2.45, 2.75) is 113 Å². The average molecular weight is 764 g/mol. The van der Waals surface area contributed by atoms with Crippen LogP contribution in [-0.2, 0) is 51.0 Å². The number of benzene rings is 2. The van der Waals surface area contributed by atoms with Gasteiger partial charge in [-0.2, -0.15) is 0 Å². The smallest absolute Gasteiger partial charge is 0.252 e. The van der Waals surface area contributed by atoms with Crippen LogP contribution in [0.5, 0.6) is 5.75 Å². The number of aromatic hydroxyl groups is 1. The van der Waals surface area contributed by atoms with Crippen molar-refractivity contribution in [2.24, 2.45) is 5.73 Å². The molecule has 6 rings (SSSR count). The number of aromatic amines is 1. The molecule has 3 aliphatic rings. The van der Waals surface area contributed by atoms with Gasteiger partial charge in [-0.1, -0.05) is 30.3 Å². The minimum atomic E-state index is -1.52. The first-order chi connectivity index (χ1) is 26.2. The first-order valence-electron chi connectivity index (χ1n) is 18.5. The lowest BCUT2D eigenvalue weighted by Gasteiger charge is -2.31. The molecular formula is C38H49N7O10. The maximum Gasteiger partial charge on any atom is 0.252 e. The highest BCUT2D eigenvalue weighted by Gasteiger charge is 2.58. The average Bonchev–Trinajstić information content (AvgIpc) is 3.79. The van der Waals surface area contributed by atoms with Crippen LogP contribution in [-0.4, -0.2) is 112 Å². The summed E-state index contributed by atoms with van der Waals surface area (Å²) in [4.78, 5) is 73.7. The molecule has 9 atom stereocenters. The lowest BCUT2D eigenvalue weighted by molar-refractivity contribution is -0.208. The number of rotatable bonds is 9. The van der Waals surface area contributed by atoms with Gasteiger partial charge in [0.2, 0.25) is 23.6 Å². The zero-order valence-electron chi connectivity index (χ0n) is 30.9. The standard InChI is InChI=1S/C38H49N7O10/c1-19(46)28-35(51)45-29-30(53-37-31(29)54-38(2,3)55-37)36(52)43-26(16-20-11-13-22(47)14-12-20)33(49)42-27(17-21-18-40-24-9-5-4-8-23(21)24)34(50)41-25(32(48)44-28)10-6-7-15-39/h4-5,8-9,11-14,18-19,25-31,37,40,46-47H,6-7,10,15-17,39H2,1-3H3,(H,41,50)(H,42,49)(H,43,52)(H,44,48)(H,45,51)/t19?,25-,26-,27+,28-,29+,30-,31+,37+/m0/s1. The Morgan fingerprint density at radius 1 is 0.782 bits per heavy atom. The van der Waals surface area contributed by atoms with E-state index in [0.717, 1.165) is 10.9 Å². The lowest BCUT2D eigenvalue weighted by atomic mass is 9.99. The third-order valence-electron chi connectivity index (χ3n) is 10.00. The van der Waals surface area contributed by atoms with Crippen LogP contribution in [0.25, 0.3) is 10.9 Å². The molecule has 0 spiro atoms. The van der Waals surface area contributed by atoms with Crippen LogP contribution < -0.4 is 32.3 Å². The Morgan fingerprint density at radius 2 is 1.44 bits per heavy atom. The Bertz CT molecular complexity index is 1880. The van der Waals surface area contributed by atoms with E-state index < -0.39 is 90.1 Å². The van der Waals surface area contributed by atoms with Crippen molar-refractivity contribution >= 4 is 40.4 Å². The molecule has 1 unspecified atom stereocenters. The Kier molecular flexibility index (Phi) is 12.1. The van der Waals surface area contributed by atoms with Gasteiger partial charge in [0.05, 0.1) is 12.1 Å². The largest absolute Gasteiger partial charge is 0.508 e. The summed E-state index contributed by atoms with van der Waals surface area (Å²) in [6, 6.07) is 7.07. The summed E-state index contributed by atoms with van der Waals surface area (Å²) >= 11 is 0. The van der Waals surface area contributed by atoms with Crippen LogP contribution in [0.15, 0.2) is 54.7 Å². The van der Waals surface area contributed by atoms with Crippen LogP contribution in [0.2, 0.25) is 0 Å². The molecule has 3 aromatic rings. The van der Waals surface area contributed by atoms with Crippen molar-refractivity contribution in [1.29, 1.82) is 0 Å². The Balaban J connectivity index is 1.40. The molecule has 3 aliphatic heterocycles. The number of nitrogens with one attached hydrogen (secondary N) is 6. The summed E-state index contributed by atoms with van der Waals surface area (Å²) in [5.41, 5.74) is 7.82. The highest BCUT2D eigenvalue weighted by atomic mass is 16.8. The van der Waals surface area contributed by atoms with Gasteiger partial charge in [0.15, 0.2) is 18.2 Å². The maximum atomic E-state index is 14.3. The number of H-pyrrole nitrogens is 1. The lowest BCUT2D eigenvalue weighted by Crippen LogP contribution is -2.64. The van der Waals surface area contributed by atoms with Crippen molar-refractivity contribution in [3.8, 4) is 5.75 Å². The molecule has 0 aliphatic carbocycles. The molecule has 3 fully saturated rings. The van der Waals surface area contributed by atoms with Gasteiger partial charge >= 0.3 is 0 Å². The van der Waals surface area contributed by atoms with Crippen LogP contribution in [0.1, 0.15) is 51.2 Å². The third kappa shape index (κ3) is 9.25. The van der Waals surface area contributed by atoms with E-state index >= 15 is 0 Å². The molecule has 5 amide bonds. The minimum Gasteiger partial charge on any atom is -0.508 e. The number of ether oxygens (including phenoxy) is 3. The number of carbonyl (C=O) groups is 5. The van der Waals surface area contributed by atoms with E-state index in [9.17, 15) is 34.2 Å². The molecule has 17 heteroatoms. The first kappa shape index (κ1) is 39.6. The molecule has 0 bridgehead atoms. The fourth-order valence-corrected chi connectivity index (χ4v) is 7.17. The Labute approximate surface area is 317 Å². The predicted molar refractivity (Wildman–Crippen MR) is 197 cm³/mol. The summed E-state index contributed by atoms with van der Waals surface area (Å²) in [6.07, 6.45) is -2.14. The van der Waals surface area contributed by atoms with Gasteiger partial charge in [-0.25, -0.2) is 0 Å². The monoisotopic (exact) mass is 763 g/mol. The summed E-state index contributed by atoms with van der Waals surface area (Å²) in [5.74, 6) is -4.96. The van der Waals surface area contributed by atoms with Gasteiger partial charge < -0.3 is 61.7 Å². The number of phenols is 1. The van der Waals surface area contributed by atoms with E-state index in [1.165, 1.54) is 19.1 Å². The molecule has 1 aromatic heterocycles. The number of carbonyl (C=O) groups excluding carboxylic acids is 5. The van der Waals surface area contributed by atoms with Crippen molar-refractivity contribution in [2.75, 3.05) is 6.54 Å². The van der Waals surface area contributed by atoms with Crippen molar-refractivity contribution in [1.82, 2.24) is 31.6 Å². The molecule has 55 heavy (non-hydrogen) atoms. The van der Waals surface area contributed by atoms with Crippen LogP contribution >= 0.6 is 0 Å². The quantitative estimate of drug-likeness (QED) is 0.125. The van der Waals surface area contributed by atoms with Gasteiger partial charge in [-0.3, -0.25) is 24.0 Å². The number of aliphatic hydroxyl groups excluding tert-OH is 1. The van der Waals surface area contributed by atoms with Gasteiger partial charge in [0, 0.05) is 29.9 Å². The third-order valence-corrected chi connectivity index (χ3v) is 10.00. The number of phenolic OH excluding ortho intramolecular Hbond substituents is 1. The van der Waals surface area contributed by atoms with Crippen LogP contribution in [0, 0.1) is 0 Å². The summed E-state index contributed by atoms with van der Waals surface area (Å²) in [5, 5.41) is 35.1. The number of hydrogen-bond donors (Lipinski definition) is 9. The van der Waals surface area contributed by atoms with Gasteiger partial charge in [-0.15, -0.1) is 0 Å². The second-order valence-corrected chi connectivity index (χ2v) is 14.7. The molecule has 2 aromatic carbocycles. The number of aliphatic hydroxyl groups is 1. The SMILES string of the molecule is CC(O)[C@@H]1NC(=O)[C@H](CCCCN)NC(=O)[C@@H](Cc2c[nH]c3ccccc23)NC(=O)[C@H](Cc2ccc(O)cc2)NC(=O)[C@H]2O[C@@H]3OC(C)(C)O[C@@H]3[C@@H]2NC1=O. The van der Waals surface area contributed by atoms with Gasteiger partial charge in [0.25, 0.3) is 5.91 Å². The number of unbranched alkanes of at least 4 members (excludes halogenated alkanes) is 1. The van der Waals surface area contributed by atoms with E-state index in [1.54, 1.807) is 32.2 Å². The zero-order chi connectivity index (χ0) is 39.4. The Morgan fingerprint density at radius 3 is 2.15 bits per heavy atom. The summed E-state index contributed by atoms with van der Waals surface area (Å²) in [6.45, 7) is 4.94. The number of hydrogen-bond acceptors (Lipinski definition) is 11. The molecule has 296 valence electrons. The highest BCUT2D eigenvalue weighted by Crippen LogP contribution is 2.37. The molecule has 10 N–H and O–H groups in total. The highest BCUT2D eigenvalue weighted by molar-refractivity contribution is 5.97. The summed E-state index contributed by atoms with van der Waals surface area (Å²) < 4.78 is 17.9. The Hall–Kier alpha value is -5.07. The number of nitrogens with two attached hydrogens (primary N) is 1. The molecule has 0 saturated carbocycles. The van der Waals surface area contributed by atoms with Crippen LogP contribution in [0.3, 0.4) is 0 Å². The second-order valence-electron chi connectivity index (χ2n) is 14.7. The molecular weight excluding hydrogens is 714 g/mol. The number of amides is 5. The number of aromatic nitrogens is 1. The van der Waals surface area contributed by atoms with E-state index in [2.05, 4.69) is 31.6 Å². The van der Waals surface area contributed by atoms with Crippen molar-refractivity contribution in [3.05, 3.63) is 65.9 Å². The van der Waals surface area contributed by atoms with E-state index in [-0.39, 0.29) is 25.0 Å². The topological polar surface area (TPSA) is 255 Å². The first-order valence-corrected chi connectivity index (χ1v) is 18.5. The van der Waals surface area contributed by atoms with E-state index in [1.807, 2.05) is 24.3 Å². The molecule has 17 nitrogen and oxygen atoms in total. The predicted octanol–water partition coefficient (Wildman–Crippen LogP) is -0.517. The fourth-order valence-electron chi connectivity index (χ4n) is 7.17. The second kappa shape index (κ2) is 16.7. The zero-order valence-corrected chi connectivity index (χ0v) is 30.9. The normalized spacial score (nSPS) is 29.4. The molecule has 0 radical (unpaired) electrons. The maximum absolute atomic E-state index is 14.3. The number of para-hydroxylation sites is 1. The van der Waals surface area contributed by atoms with Gasteiger partial charge in [0.1, 0.15) is 36.0 Å². The molecule has 4 heterocycles. The van der Waals surface area contributed by atoms with E-state index in [4.69, 9.17) is 19.9 Å². The van der Waals surface area contributed by atoms with Crippen LogP contribution in [0.4, 0.5) is 0 Å².